The Morgan fingerprint density at radius 3 is 2.60 bits per heavy atom. The highest BCUT2D eigenvalue weighted by Gasteiger charge is 2.04. The summed E-state index contributed by atoms with van der Waals surface area (Å²) < 4.78 is 0. The lowest BCUT2D eigenvalue weighted by molar-refractivity contribution is 0.0998. The van der Waals surface area contributed by atoms with Crippen LogP contribution in [-0.2, 0) is 0 Å². The fraction of sp³-hybridized carbons (Fsp3) is 0.0714. The molecule has 0 aliphatic carbocycles. The first-order valence-electron chi connectivity index (χ1n) is 4.77. The lowest BCUT2D eigenvalue weighted by Gasteiger charge is -2.00. The van der Waals surface area contributed by atoms with Gasteiger partial charge in [0.05, 0.1) is 6.42 Å². The zero-order valence-electron chi connectivity index (χ0n) is 8.23. The van der Waals surface area contributed by atoms with E-state index in [0.717, 1.165) is 10.8 Å². The predicted octanol–water partition coefficient (Wildman–Crippen LogP) is 3.05. The minimum absolute atomic E-state index is 0.00301. The molecule has 0 spiro atoms. The molecule has 1 heteroatoms. The Hall–Kier alpha value is -2.07. The van der Waals surface area contributed by atoms with E-state index in [1.165, 1.54) is 0 Å². The van der Waals surface area contributed by atoms with Crippen LogP contribution in [-0.4, -0.2) is 5.78 Å². The first kappa shape index (κ1) is 9.48. The Morgan fingerprint density at radius 2 is 1.87 bits per heavy atom. The van der Waals surface area contributed by atoms with Gasteiger partial charge in [0.15, 0.2) is 5.78 Å². The number of hydrogen-bond donors (Lipinski definition) is 0. The van der Waals surface area contributed by atoms with Gasteiger partial charge in [-0.15, -0.1) is 6.42 Å². The third-order valence-corrected chi connectivity index (χ3v) is 2.33. The summed E-state index contributed by atoms with van der Waals surface area (Å²) in [6, 6.07) is 13.6. The summed E-state index contributed by atoms with van der Waals surface area (Å²) in [6.07, 6.45) is 5.27. The second-order valence-electron chi connectivity index (χ2n) is 3.37. The smallest absolute Gasteiger partial charge is 0.174 e. The minimum atomic E-state index is 0.00301. The molecule has 0 radical (unpaired) electrons. The van der Waals surface area contributed by atoms with Crippen LogP contribution in [0.25, 0.3) is 10.8 Å². The predicted molar refractivity (Wildman–Crippen MR) is 61.7 cm³/mol. The van der Waals surface area contributed by atoms with Gasteiger partial charge < -0.3 is 0 Å². The quantitative estimate of drug-likeness (QED) is 0.530. The molecule has 0 heterocycles. The highest BCUT2D eigenvalue weighted by molar-refractivity contribution is 6.00. The van der Waals surface area contributed by atoms with E-state index in [9.17, 15) is 4.79 Å². The van der Waals surface area contributed by atoms with Gasteiger partial charge in [0.1, 0.15) is 0 Å². The van der Waals surface area contributed by atoms with Gasteiger partial charge >= 0.3 is 0 Å². The molecule has 0 atom stereocenters. The van der Waals surface area contributed by atoms with Gasteiger partial charge in [-0.2, -0.15) is 0 Å². The Morgan fingerprint density at radius 1 is 1.13 bits per heavy atom. The number of ketones is 1. The summed E-state index contributed by atoms with van der Waals surface area (Å²) in [6.45, 7) is 0. The highest BCUT2D eigenvalue weighted by atomic mass is 16.1. The fourth-order valence-corrected chi connectivity index (χ4v) is 1.56. The third-order valence-electron chi connectivity index (χ3n) is 2.33. The Bertz CT molecular complexity index is 547. The first-order valence-corrected chi connectivity index (χ1v) is 4.77. The molecule has 0 aromatic heterocycles. The number of benzene rings is 2. The average Bonchev–Trinajstić information content (AvgIpc) is 2.29. The maximum Gasteiger partial charge on any atom is 0.174 e. The van der Waals surface area contributed by atoms with E-state index < -0.39 is 0 Å². The Kier molecular flexibility index (Phi) is 2.51. The van der Waals surface area contributed by atoms with Gasteiger partial charge in [-0.05, 0) is 16.8 Å². The van der Waals surface area contributed by atoms with Crippen molar-refractivity contribution in [2.24, 2.45) is 0 Å². The number of hydrogen-bond acceptors (Lipinski definition) is 1. The number of terminal acetylenes is 1. The van der Waals surface area contributed by atoms with Gasteiger partial charge in [-0.3, -0.25) is 4.79 Å². The molecule has 0 amide bonds. The van der Waals surface area contributed by atoms with Crippen LogP contribution in [0.2, 0.25) is 0 Å². The molecule has 2 rings (SSSR count). The van der Waals surface area contributed by atoms with Crippen molar-refractivity contribution in [2.45, 2.75) is 6.42 Å². The van der Waals surface area contributed by atoms with Crippen LogP contribution in [0.1, 0.15) is 16.8 Å². The molecule has 0 aliphatic rings. The summed E-state index contributed by atoms with van der Waals surface area (Å²) in [5, 5.41) is 2.20. The van der Waals surface area contributed by atoms with E-state index in [1.807, 2.05) is 42.5 Å². The van der Waals surface area contributed by atoms with Gasteiger partial charge in [0.2, 0.25) is 0 Å². The summed E-state index contributed by atoms with van der Waals surface area (Å²) in [7, 11) is 0. The topological polar surface area (TPSA) is 17.1 Å². The van der Waals surface area contributed by atoms with E-state index in [0.29, 0.717) is 5.56 Å². The van der Waals surface area contributed by atoms with Crippen molar-refractivity contribution in [3.05, 3.63) is 48.0 Å². The summed E-state index contributed by atoms with van der Waals surface area (Å²) in [5.41, 5.74) is 0.687. The molecule has 0 saturated carbocycles. The molecule has 0 bridgehead atoms. The van der Waals surface area contributed by atoms with Gasteiger partial charge in [-0.25, -0.2) is 0 Å². The maximum absolute atomic E-state index is 11.5. The van der Waals surface area contributed by atoms with Crippen LogP contribution in [0.5, 0.6) is 0 Å². The molecular weight excluding hydrogens is 184 g/mol. The molecule has 2 aromatic rings. The van der Waals surface area contributed by atoms with Crippen molar-refractivity contribution in [3.8, 4) is 12.3 Å². The van der Waals surface area contributed by atoms with E-state index in [-0.39, 0.29) is 12.2 Å². The zero-order valence-corrected chi connectivity index (χ0v) is 8.23. The molecule has 2 aromatic carbocycles. The summed E-state index contributed by atoms with van der Waals surface area (Å²) in [4.78, 5) is 11.5. The molecule has 1 nitrogen and oxygen atoms in total. The third kappa shape index (κ3) is 1.89. The fourth-order valence-electron chi connectivity index (χ4n) is 1.56. The number of carbonyl (C=O) groups excluding carboxylic acids is 1. The van der Waals surface area contributed by atoms with Crippen LogP contribution in [0, 0.1) is 12.3 Å². The number of Topliss-reactive ketones (excluding diaryl/α,β-unsaturated/α-hetero) is 1. The minimum Gasteiger partial charge on any atom is -0.293 e. The highest BCUT2D eigenvalue weighted by Crippen LogP contribution is 2.16. The van der Waals surface area contributed by atoms with E-state index >= 15 is 0 Å². The average molecular weight is 194 g/mol. The molecule has 0 unspecified atom stereocenters. The lowest BCUT2D eigenvalue weighted by atomic mass is 10.0. The SMILES string of the molecule is C#CCC(=O)c1ccc2ccccc2c1. The van der Waals surface area contributed by atoms with Crippen LogP contribution in [0.4, 0.5) is 0 Å². The Labute approximate surface area is 88.7 Å². The first-order chi connectivity index (χ1) is 7.31. The van der Waals surface area contributed by atoms with Crippen molar-refractivity contribution in [1.82, 2.24) is 0 Å². The molecular formula is C14H10O. The molecule has 0 saturated heterocycles. The molecule has 0 N–H and O–H groups in total. The van der Waals surface area contributed by atoms with Crippen molar-refractivity contribution < 1.29 is 4.79 Å². The zero-order chi connectivity index (χ0) is 10.7. The van der Waals surface area contributed by atoms with E-state index in [2.05, 4.69) is 5.92 Å². The maximum atomic E-state index is 11.5. The summed E-state index contributed by atoms with van der Waals surface area (Å²) >= 11 is 0. The summed E-state index contributed by atoms with van der Waals surface area (Å²) in [5.74, 6) is 2.37. The monoisotopic (exact) mass is 194 g/mol. The standard InChI is InChI=1S/C14H10O/c1-2-5-14(15)13-9-8-11-6-3-4-7-12(11)10-13/h1,3-4,6-10H,5H2. The van der Waals surface area contributed by atoms with Gasteiger partial charge in [0.25, 0.3) is 0 Å². The molecule has 15 heavy (non-hydrogen) atoms. The van der Waals surface area contributed by atoms with Crippen molar-refractivity contribution in [3.63, 3.8) is 0 Å². The van der Waals surface area contributed by atoms with E-state index in [4.69, 9.17) is 6.42 Å². The van der Waals surface area contributed by atoms with Crippen LogP contribution < -0.4 is 0 Å². The Balaban J connectivity index is 2.48. The van der Waals surface area contributed by atoms with Crippen molar-refractivity contribution in [1.29, 1.82) is 0 Å². The second kappa shape index (κ2) is 3.98. The molecule has 0 fully saturated rings. The number of rotatable bonds is 2. The van der Waals surface area contributed by atoms with Crippen LogP contribution in [0.3, 0.4) is 0 Å². The lowest BCUT2D eigenvalue weighted by Crippen LogP contribution is -1.96. The number of carbonyl (C=O) groups is 1. The van der Waals surface area contributed by atoms with Gasteiger partial charge in [0, 0.05) is 5.56 Å². The van der Waals surface area contributed by atoms with Crippen molar-refractivity contribution in [2.75, 3.05) is 0 Å². The van der Waals surface area contributed by atoms with Gasteiger partial charge in [-0.1, -0.05) is 42.3 Å². The normalized spacial score (nSPS) is 9.80. The largest absolute Gasteiger partial charge is 0.293 e. The molecule has 72 valence electrons. The second-order valence-corrected chi connectivity index (χ2v) is 3.37. The van der Waals surface area contributed by atoms with Crippen molar-refractivity contribution >= 4 is 16.6 Å². The van der Waals surface area contributed by atoms with E-state index in [1.54, 1.807) is 0 Å². The van der Waals surface area contributed by atoms with Crippen LogP contribution >= 0.6 is 0 Å². The number of fused-ring (bicyclic) bond motifs is 1. The molecule has 0 aliphatic heterocycles. The van der Waals surface area contributed by atoms with Crippen LogP contribution in [0.15, 0.2) is 42.5 Å².